The summed E-state index contributed by atoms with van der Waals surface area (Å²) in [5, 5.41) is 9.02. The molecule has 0 saturated carbocycles. The van der Waals surface area contributed by atoms with Gasteiger partial charge in [-0.25, -0.2) is 4.79 Å². The molecule has 7 heteroatoms. The number of hydrogen-bond donors (Lipinski definition) is 1. The highest BCUT2D eigenvalue weighted by Crippen LogP contribution is 2.29. The first kappa shape index (κ1) is 15.5. The molecule has 0 aliphatic carbocycles. The second-order valence-corrected chi connectivity index (χ2v) is 5.71. The molecule has 1 atom stereocenters. The highest BCUT2D eigenvalue weighted by atomic mass is 16.5. The Hall–Kier alpha value is -2.41. The van der Waals surface area contributed by atoms with Crippen molar-refractivity contribution < 1.29 is 24.2 Å². The van der Waals surface area contributed by atoms with Gasteiger partial charge in [0.2, 0.25) is 5.91 Å². The average molecular weight is 318 g/mol. The van der Waals surface area contributed by atoms with E-state index < -0.39 is 12.1 Å². The minimum Gasteiger partial charge on any atom is -0.479 e. The van der Waals surface area contributed by atoms with E-state index in [1.165, 1.54) is 11.8 Å². The summed E-state index contributed by atoms with van der Waals surface area (Å²) >= 11 is 0. The zero-order chi connectivity index (χ0) is 16.6. The fourth-order valence-corrected chi connectivity index (χ4v) is 3.03. The van der Waals surface area contributed by atoms with Gasteiger partial charge in [-0.2, -0.15) is 0 Å². The van der Waals surface area contributed by atoms with E-state index in [0.717, 1.165) is 17.7 Å². The fraction of sp³-hybridized carbons (Fsp3) is 0.438. The molecule has 1 saturated heterocycles. The van der Waals surface area contributed by atoms with Crippen LogP contribution in [0.4, 0.5) is 5.69 Å². The molecule has 0 bridgehead atoms. The van der Waals surface area contributed by atoms with Crippen LogP contribution in [-0.2, 0) is 20.7 Å². The Balaban J connectivity index is 1.79. The van der Waals surface area contributed by atoms with Gasteiger partial charge in [-0.1, -0.05) is 0 Å². The average Bonchev–Trinajstić information content (AvgIpc) is 2.97. The second kappa shape index (κ2) is 6.00. The van der Waals surface area contributed by atoms with Gasteiger partial charge >= 0.3 is 5.97 Å². The summed E-state index contributed by atoms with van der Waals surface area (Å²) in [5.41, 5.74) is 2.33. The van der Waals surface area contributed by atoms with E-state index in [1.54, 1.807) is 23.1 Å². The maximum Gasteiger partial charge on any atom is 0.334 e. The third kappa shape index (κ3) is 2.92. The first-order valence-electron chi connectivity index (χ1n) is 7.52. The molecule has 2 amide bonds. The molecule has 1 aromatic carbocycles. The number of carbonyl (C=O) groups excluding carboxylic acids is 2. The first-order valence-corrected chi connectivity index (χ1v) is 7.52. The van der Waals surface area contributed by atoms with Crippen LogP contribution in [0.15, 0.2) is 18.2 Å². The van der Waals surface area contributed by atoms with Crippen LogP contribution >= 0.6 is 0 Å². The Bertz CT molecular complexity index is 672. The number of carbonyl (C=O) groups is 3. The van der Waals surface area contributed by atoms with E-state index in [4.69, 9.17) is 9.84 Å². The number of ether oxygens (including phenoxy) is 1. The minimum absolute atomic E-state index is 0.0136. The lowest BCUT2D eigenvalue weighted by Gasteiger charge is -2.31. The summed E-state index contributed by atoms with van der Waals surface area (Å²) in [4.78, 5) is 38.3. The van der Waals surface area contributed by atoms with Crippen molar-refractivity contribution in [2.24, 2.45) is 0 Å². The van der Waals surface area contributed by atoms with Crippen LogP contribution in [0.1, 0.15) is 22.8 Å². The van der Waals surface area contributed by atoms with Crippen LogP contribution in [0.2, 0.25) is 0 Å². The summed E-state index contributed by atoms with van der Waals surface area (Å²) in [6.07, 6.45) is -0.257. The third-order valence-electron chi connectivity index (χ3n) is 4.23. The van der Waals surface area contributed by atoms with E-state index in [-0.39, 0.29) is 25.0 Å². The van der Waals surface area contributed by atoms with Gasteiger partial charge in [0.25, 0.3) is 5.91 Å². The zero-order valence-corrected chi connectivity index (χ0v) is 12.8. The number of morpholine rings is 1. The summed E-state index contributed by atoms with van der Waals surface area (Å²) in [6.45, 7) is 2.78. The van der Waals surface area contributed by atoms with Gasteiger partial charge in [-0.3, -0.25) is 9.59 Å². The molecule has 2 aliphatic rings. The molecule has 2 aliphatic heterocycles. The number of anilines is 1. The maximum atomic E-state index is 12.6. The van der Waals surface area contributed by atoms with Crippen molar-refractivity contribution in [1.82, 2.24) is 4.90 Å². The van der Waals surface area contributed by atoms with E-state index in [2.05, 4.69) is 0 Å². The molecule has 2 heterocycles. The first-order chi connectivity index (χ1) is 11.0. The molecule has 1 fully saturated rings. The molecule has 0 aromatic heterocycles. The second-order valence-electron chi connectivity index (χ2n) is 5.71. The predicted molar refractivity (Wildman–Crippen MR) is 81.5 cm³/mol. The number of carboxylic acids is 1. The Morgan fingerprint density at radius 1 is 1.26 bits per heavy atom. The minimum atomic E-state index is -1.06. The third-order valence-corrected chi connectivity index (χ3v) is 4.23. The number of hydrogen-bond acceptors (Lipinski definition) is 4. The molecular formula is C16H18N2O5. The van der Waals surface area contributed by atoms with Crippen molar-refractivity contribution in [2.75, 3.05) is 31.1 Å². The molecule has 1 aromatic rings. The van der Waals surface area contributed by atoms with E-state index >= 15 is 0 Å². The van der Waals surface area contributed by atoms with Gasteiger partial charge in [0.05, 0.1) is 13.2 Å². The quantitative estimate of drug-likeness (QED) is 0.859. The van der Waals surface area contributed by atoms with Crippen LogP contribution in [0.5, 0.6) is 0 Å². The molecule has 3 rings (SSSR count). The smallest absolute Gasteiger partial charge is 0.334 e. The van der Waals surface area contributed by atoms with Crippen LogP contribution < -0.4 is 4.90 Å². The molecule has 0 radical (unpaired) electrons. The monoisotopic (exact) mass is 318 g/mol. The largest absolute Gasteiger partial charge is 0.479 e. The van der Waals surface area contributed by atoms with Gasteiger partial charge in [0.15, 0.2) is 6.10 Å². The van der Waals surface area contributed by atoms with Gasteiger partial charge in [-0.05, 0) is 30.2 Å². The lowest BCUT2D eigenvalue weighted by Crippen LogP contribution is -2.48. The normalized spacial score (nSPS) is 20.3. The van der Waals surface area contributed by atoms with Crippen molar-refractivity contribution in [3.8, 4) is 0 Å². The topological polar surface area (TPSA) is 87.2 Å². The van der Waals surface area contributed by atoms with Crippen LogP contribution in [-0.4, -0.2) is 60.1 Å². The lowest BCUT2D eigenvalue weighted by atomic mass is 10.1. The van der Waals surface area contributed by atoms with Gasteiger partial charge in [0, 0.05) is 31.3 Å². The molecule has 122 valence electrons. The van der Waals surface area contributed by atoms with Crippen molar-refractivity contribution in [1.29, 1.82) is 0 Å². The number of rotatable bonds is 2. The maximum absolute atomic E-state index is 12.6. The Morgan fingerprint density at radius 3 is 2.74 bits per heavy atom. The Morgan fingerprint density at radius 2 is 2.04 bits per heavy atom. The molecule has 23 heavy (non-hydrogen) atoms. The molecule has 1 unspecified atom stereocenters. The van der Waals surface area contributed by atoms with Crippen molar-refractivity contribution >= 4 is 23.5 Å². The number of fused-ring (bicyclic) bond motifs is 1. The van der Waals surface area contributed by atoms with Crippen LogP contribution in [0, 0.1) is 0 Å². The summed E-state index contributed by atoms with van der Waals surface area (Å²) in [6, 6.07) is 5.27. The zero-order valence-electron chi connectivity index (χ0n) is 12.8. The number of amides is 2. The van der Waals surface area contributed by atoms with E-state index in [0.29, 0.717) is 18.7 Å². The molecule has 7 nitrogen and oxygen atoms in total. The van der Waals surface area contributed by atoms with Gasteiger partial charge in [-0.15, -0.1) is 0 Å². The van der Waals surface area contributed by atoms with Crippen molar-refractivity contribution in [3.05, 3.63) is 29.3 Å². The summed E-state index contributed by atoms with van der Waals surface area (Å²) < 4.78 is 5.13. The number of aliphatic carboxylic acids is 1. The predicted octanol–water partition coefficient (Wildman–Crippen LogP) is 0.521. The number of carboxylic acid groups (broad SMARTS) is 1. The Kier molecular flexibility index (Phi) is 4.04. The summed E-state index contributed by atoms with van der Waals surface area (Å²) in [5.74, 6) is -1.28. The van der Waals surface area contributed by atoms with Crippen LogP contribution in [0.25, 0.3) is 0 Å². The van der Waals surface area contributed by atoms with Crippen molar-refractivity contribution in [2.45, 2.75) is 19.4 Å². The van der Waals surface area contributed by atoms with E-state index in [9.17, 15) is 14.4 Å². The van der Waals surface area contributed by atoms with Crippen molar-refractivity contribution in [3.63, 3.8) is 0 Å². The molecular weight excluding hydrogens is 300 g/mol. The number of benzene rings is 1. The highest BCUT2D eigenvalue weighted by molar-refractivity contribution is 5.98. The van der Waals surface area contributed by atoms with Gasteiger partial charge in [0.1, 0.15) is 0 Å². The Labute approximate surface area is 133 Å². The highest BCUT2D eigenvalue weighted by Gasteiger charge is 2.30. The lowest BCUT2D eigenvalue weighted by molar-refractivity contribution is -0.154. The molecule has 1 N–H and O–H groups in total. The standard InChI is InChI=1S/C16H18N2O5/c1-10(19)18-5-4-11-8-12(2-3-13(11)18)15(20)17-6-7-23-14(9-17)16(21)22/h2-3,8,14H,4-7,9H2,1H3,(H,21,22). The van der Waals surface area contributed by atoms with Crippen LogP contribution in [0.3, 0.4) is 0 Å². The summed E-state index contributed by atoms with van der Waals surface area (Å²) in [7, 11) is 0. The fourth-order valence-electron chi connectivity index (χ4n) is 3.03. The molecule has 0 spiro atoms. The number of nitrogens with zero attached hydrogens (tertiary/aromatic N) is 2. The SMILES string of the molecule is CC(=O)N1CCc2cc(C(=O)N3CCOC(C(=O)O)C3)ccc21. The van der Waals surface area contributed by atoms with E-state index in [1.807, 2.05) is 0 Å². The van der Waals surface area contributed by atoms with Gasteiger partial charge < -0.3 is 19.6 Å².